The summed E-state index contributed by atoms with van der Waals surface area (Å²) >= 11 is 0. The van der Waals surface area contributed by atoms with E-state index in [1.165, 1.54) is 16.8 Å². The molecule has 9 nitrogen and oxygen atoms in total. The molecule has 0 aliphatic carbocycles. The lowest BCUT2D eigenvalue weighted by molar-refractivity contribution is -0.0440. The Balaban J connectivity index is 1.47. The highest BCUT2D eigenvalue weighted by Crippen LogP contribution is 2.34. The molecule has 214 valence electrons. The minimum Gasteiger partial charge on any atom is -0.497 e. The quantitative estimate of drug-likeness (QED) is 0.418. The smallest absolute Gasteiger partial charge is 0.243 e. The SMILES string of the molecule is COc1ccc(OC)c(C(CNCC(=O)c2cccc(S(=O)(=O)N3CC(C)OC(C)C3)c2)N2CCCCC2)c1. The van der Waals surface area contributed by atoms with E-state index < -0.39 is 10.0 Å². The van der Waals surface area contributed by atoms with Crippen LogP contribution in [0.3, 0.4) is 0 Å². The summed E-state index contributed by atoms with van der Waals surface area (Å²) in [4.78, 5) is 15.7. The third-order valence-corrected chi connectivity index (χ3v) is 9.26. The lowest BCUT2D eigenvalue weighted by Gasteiger charge is -2.35. The molecule has 3 atom stereocenters. The average molecular weight is 560 g/mol. The van der Waals surface area contributed by atoms with Gasteiger partial charge in [-0.2, -0.15) is 4.31 Å². The summed E-state index contributed by atoms with van der Waals surface area (Å²) in [5, 5.41) is 3.34. The zero-order valence-electron chi connectivity index (χ0n) is 23.4. The summed E-state index contributed by atoms with van der Waals surface area (Å²) in [6.07, 6.45) is 3.10. The normalized spacial score (nSPS) is 21.8. The first-order chi connectivity index (χ1) is 18.7. The van der Waals surface area contributed by atoms with Crippen LogP contribution in [0.25, 0.3) is 0 Å². The molecule has 2 fully saturated rings. The highest BCUT2D eigenvalue weighted by molar-refractivity contribution is 7.89. The van der Waals surface area contributed by atoms with Crippen LogP contribution in [0.5, 0.6) is 11.5 Å². The highest BCUT2D eigenvalue weighted by atomic mass is 32.2. The summed E-state index contributed by atoms with van der Waals surface area (Å²) in [6.45, 7) is 6.88. The second-order valence-electron chi connectivity index (χ2n) is 10.4. The van der Waals surface area contributed by atoms with Gasteiger partial charge in [0.1, 0.15) is 11.5 Å². The van der Waals surface area contributed by atoms with E-state index in [1.54, 1.807) is 32.4 Å². The molecule has 4 rings (SSSR count). The molecule has 0 bridgehead atoms. The number of likely N-dealkylation sites (tertiary alicyclic amines) is 1. The van der Waals surface area contributed by atoms with Gasteiger partial charge in [0.25, 0.3) is 0 Å². The van der Waals surface area contributed by atoms with Crippen LogP contribution in [0.2, 0.25) is 0 Å². The number of morpholine rings is 1. The number of methoxy groups -OCH3 is 2. The minimum atomic E-state index is -3.73. The number of piperidine rings is 1. The van der Waals surface area contributed by atoms with Crippen molar-refractivity contribution in [1.29, 1.82) is 0 Å². The lowest BCUT2D eigenvalue weighted by atomic mass is 10.00. The summed E-state index contributed by atoms with van der Waals surface area (Å²) in [7, 11) is -0.427. The molecule has 0 radical (unpaired) electrons. The molecule has 2 saturated heterocycles. The van der Waals surface area contributed by atoms with Crippen molar-refractivity contribution in [3.8, 4) is 11.5 Å². The first-order valence-electron chi connectivity index (χ1n) is 13.7. The van der Waals surface area contributed by atoms with Crippen LogP contribution in [-0.2, 0) is 14.8 Å². The summed E-state index contributed by atoms with van der Waals surface area (Å²) in [5.74, 6) is 1.38. The van der Waals surface area contributed by atoms with Gasteiger partial charge in [0, 0.05) is 30.8 Å². The fourth-order valence-corrected chi connectivity index (χ4v) is 7.13. The molecule has 2 aromatic carbocycles. The molecule has 2 heterocycles. The highest BCUT2D eigenvalue weighted by Gasteiger charge is 2.32. The molecule has 2 aliphatic rings. The zero-order chi connectivity index (χ0) is 28.0. The Bertz CT molecular complexity index is 1220. The number of ketones is 1. The number of nitrogens with zero attached hydrogens (tertiary/aromatic N) is 2. The van der Waals surface area contributed by atoms with E-state index in [9.17, 15) is 13.2 Å². The first-order valence-corrected chi connectivity index (χ1v) is 15.1. The van der Waals surface area contributed by atoms with Crippen molar-refractivity contribution >= 4 is 15.8 Å². The molecule has 0 spiro atoms. The minimum absolute atomic E-state index is 0.000150. The number of hydrogen-bond donors (Lipinski definition) is 1. The molecule has 10 heteroatoms. The largest absolute Gasteiger partial charge is 0.497 e. The molecule has 0 aromatic heterocycles. The summed E-state index contributed by atoms with van der Waals surface area (Å²) < 4.78 is 44.9. The van der Waals surface area contributed by atoms with Gasteiger partial charge in [-0.3, -0.25) is 9.69 Å². The van der Waals surface area contributed by atoms with Crippen LogP contribution < -0.4 is 14.8 Å². The van der Waals surface area contributed by atoms with Crippen LogP contribution in [0.1, 0.15) is 55.1 Å². The van der Waals surface area contributed by atoms with Gasteiger partial charge in [0.15, 0.2) is 5.78 Å². The van der Waals surface area contributed by atoms with Crippen molar-refractivity contribution in [2.24, 2.45) is 0 Å². The van der Waals surface area contributed by atoms with Gasteiger partial charge < -0.3 is 19.5 Å². The maximum atomic E-state index is 13.3. The zero-order valence-corrected chi connectivity index (χ0v) is 24.2. The van der Waals surface area contributed by atoms with Crippen LogP contribution in [0.4, 0.5) is 0 Å². The molecule has 2 aliphatic heterocycles. The van der Waals surface area contributed by atoms with Crippen molar-refractivity contribution in [2.45, 2.75) is 56.3 Å². The standard InChI is InChI=1S/C29H41N3O6S/c1-21-19-32(20-22(2)38-21)39(34,35)25-10-8-9-23(15-25)28(33)18-30-17-27(31-13-6-5-7-14-31)26-16-24(36-3)11-12-29(26)37-4/h8-12,15-16,21-22,27,30H,5-7,13-14,17-20H2,1-4H3. The van der Waals surface area contributed by atoms with Crippen molar-refractivity contribution in [1.82, 2.24) is 14.5 Å². The van der Waals surface area contributed by atoms with E-state index >= 15 is 0 Å². The number of sulfonamides is 1. The van der Waals surface area contributed by atoms with Gasteiger partial charge in [-0.25, -0.2) is 8.42 Å². The average Bonchev–Trinajstić information content (AvgIpc) is 2.95. The summed E-state index contributed by atoms with van der Waals surface area (Å²) in [5.41, 5.74) is 1.38. The van der Waals surface area contributed by atoms with E-state index in [4.69, 9.17) is 14.2 Å². The van der Waals surface area contributed by atoms with E-state index in [0.29, 0.717) is 12.1 Å². The lowest BCUT2D eigenvalue weighted by Crippen LogP contribution is -2.48. The fraction of sp³-hybridized carbons (Fsp3) is 0.552. The number of rotatable bonds is 11. The molecule has 2 aromatic rings. The Morgan fingerprint density at radius 3 is 2.41 bits per heavy atom. The number of nitrogens with one attached hydrogen (secondary N) is 1. The molecular formula is C29H41N3O6S. The Labute approximate surface area is 232 Å². The third kappa shape index (κ3) is 7.18. The predicted molar refractivity (Wildman–Crippen MR) is 150 cm³/mol. The van der Waals surface area contributed by atoms with E-state index in [-0.39, 0.29) is 48.6 Å². The Morgan fingerprint density at radius 1 is 1.03 bits per heavy atom. The summed E-state index contributed by atoms with van der Waals surface area (Å²) in [6, 6.07) is 12.1. The second kappa shape index (κ2) is 13.2. The topological polar surface area (TPSA) is 97.4 Å². The number of carbonyl (C=O) groups excluding carboxylic acids is 1. The van der Waals surface area contributed by atoms with E-state index in [2.05, 4.69) is 10.2 Å². The van der Waals surface area contributed by atoms with E-state index in [1.807, 2.05) is 32.0 Å². The second-order valence-corrected chi connectivity index (χ2v) is 12.3. The van der Waals surface area contributed by atoms with Crippen LogP contribution in [0, 0.1) is 0 Å². The van der Waals surface area contributed by atoms with Gasteiger partial charge in [0.2, 0.25) is 10.0 Å². The van der Waals surface area contributed by atoms with Gasteiger partial charge >= 0.3 is 0 Å². The Hall–Kier alpha value is -2.50. The molecule has 0 saturated carbocycles. The molecule has 39 heavy (non-hydrogen) atoms. The van der Waals surface area contributed by atoms with Crippen LogP contribution in [-0.4, -0.2) is 89.1 Å². The van der Waals surface area contributed by atoms with Crippen molar-refractivity contribution < 1.29 is 27.4 Å². The van der Waals surface area contributed by atoms with E-state index in [0.717, 1.165) is 43.0 Å². The molecule has 1 N–H and O–H groups in total. The predicted octanol–water partition coefficient (Wildman–Crippen LogP) is 3.50. The van der Waals surface area contributed by atoms with Crippen molar-refractivity contribution in [3.05, 3.63) is 53.6 Å². The maximum Gasteiger partial charge on any atom is 0.243 e. The van der Waals surface area contributed by atoms with Gasteiger partial charge in [-0.05, 0) is 70.1 Å². The molecule has 0 amide bonds. The third-order valence-electron chi connectivity index (χ3n) is 7.43. The van der Waals surface area contributed by atoms with Crippen molar-refractivity contribution in [3.63, 3.8) is 0 Å². The Morgan fingerprint density at radius 2 is 1.74 bits per heavy atom. The first kappa shape index (κ1) is 29.5. The van der Waals surface area contributed by atoms with Crippen molar-refractivity contribution in [2.75, 3.05) is 53.5 Å². The monoisotopic (exact) mass is 559 g/mol. The molecule has 3 unspecified atom stereocenters. The Kier molecular flexibility index (Phi) is 10.0. The fourth-order valence-electron chi connectivity index (χ4n) is 5.50. The number of hydrogen-bond acceptors (Lipinski definition) is 8. The number of carbonyl (C=O) groups is 1. The van der Waals surface area contributed by atoms with Crippen LogP contribution >= 0.6 is 0 Å². The van der Waals surface area contributed by atoms with Gasteiger partial charge in [-0.1, -0.05) is 18.6 Å². The van der Waals surface area contributed by atoms with Crippen LogP contribution in [0.15, 0.2) is 47.4 Å². The number of benzene rings is 2. The van der Waals surface area contributed by atoms with Gasteiger partial charge in [-0.15, -0.1) is 0 Å². The number of ether oxygens (including phenoxy) is 3. The maximum absolute atomic E-state index is 13.3. The molecular weight excluding hydrogens is 518 g/mol. The van der Waals surface area contributed by atoms with Gasteiger partial charge in [0.05, 0.1) is 43.9 Å². The number of Topliss-reactive ketones (excluding diaryl/α,β-unsaturated/α-hetero) is 1.